The van der Waals surface area contributed by atoms with Crippen molar-refractivity contribution in [3.05, 3.63) is 53.6 Å². The second kappa shape index (κ2) is 5.57. The third kappa shape index (κ3) is 2.94. The molecule has 0 saturated heterocycles. The van der Waals surface area contributed by atoms with Gasteiger partial charge >= 0.3 is 5.97 Å². The molecule has 0 bridgehead atoms. The van der Waals surface area contributed by atoms with Crippen LogP contribution in [0.3, 0.4) is 0 Å². The van der Waals surface area contributed by atoms with Crippen molar-refractivity contribution in [1.29, 1.82) is 0 Å². The standard InChI is InChI=1S/C16H16O3/c1-3-19-14-6-4-5-12(9-14)15-10-13(16(17)18)8-7-11(15)2/h4-10H,3H2,1-2H3,(H,17,18). The van der Waals surface area contributed by atoms with Crippen LogP contribution in [0.2, 0.25) is 0 Å². The SMILES string of the molecule is CCOc1cccc(-c2cc(C(=O)O)ccc2C)c1. The normalized spacial score (nSPS) is 10.2. The van der Waals surface area contributed by atoms with Crippen LogP contribution in [0.4, 0.5) is 0 Å². The van der Waals surface area contributed by atoms with Gasteiger partial charge in [0.1, 0.15) is 5.75 Å². The molecule has 0 unspecified atom stereocenters. The highest BCUT2D eigenvalue weighted by Crippen LogP contribution is 2.27. The smallest absolute Gasteiger partial charge is 0.335 e. The Kier molecular flexibility index (Phi) is 3.85. The zero-order valence-corrected chi connectivity index (χ0v) is 11.0. The Morgan fingerprint density at radius 2 is 2.00 bits per heavy atom. The largest absolute Gasteiger partial charge is 0.494 e. The zero-order chi connectivity index (χ0) is 13.8. The molecule has 3 nitrogen and oxygen atoms in total. The summed E-state index contributed by atoms with van der Waals surface area (Å²) in [4.78, 5) is 11.0. The van der Waals surface area contributed by atoms with E-state index in [4.69, 9.17) is 9.84 Å². The van der Waals surface area contributed by atoms with E-state index in [0.29, 0.717) is 12.2 Å². The molecule has 0 heterocycles. The number of hydrogen-bond acceptors (Lipinski definition) is 2. The van der Waals surface area contributed by atoms with E-state index in [-0.39, 0.29) is 0 Å². The molecule has 98 valence electrons. The zero-order valence-electron chi connectivity index (χ0n) is 11.0. The summed E-state index contributed by atoms with van der Waals surface area (Å²) in [5, 5.41) is 9.06. The minimum absolute atomic E-state index is 0.294. The summed E-state index contributed by atoms with van der Waals surface area (Å²) >= 11 is 0. The molecule has 0 fully saturated rings. The number of aryl methyl sites for hydroxylation is 1. The van der Waals surface area contributed by atoms with Crippen LogP contribution in [-0.2, 0) is 0 Å². The Morgan fingerprint density at radius 1 is 1.21 bits per heavy atom. The predicted octanol–water partition coefficient (Wildman–Crippen LogP) is 3.76. The minimum atomic E-state index is -0.915. The number of benzene rings is 2. The maximum Gasteiger partial charge on any atom is 0.335 e. The first-order valence-electron chi connectivity index (χ1n) is 6.19. The molecule has 0 aliphatic carbocycles. The maximum absolute atomic E-state index is 11.0. The minimum Gasteiger partial charge on any atom is -0.494 e. The third-order valence-electron chi connectivity index (χ3n) is 2.94. The molecule has 0 spiro atoms. The maximum atomic E-state index is 11.0. The van der Waals surface area contributed by atoms with Gasteiger partial charge in [-0.05, 0) is 54.8 Å². The average molecular weight is 256 g/mol. The lowest BCUT2D eigenvalue weighted by molar-refractivity contribution is 0.0697. The first-order valence-corrected chi connectivity index (χ1v) is 6.19. The van der Waals surface area contributed by atoms with Gasteiger partial charge in [0.15, 0.2) is 0 Å². The van der Waals surface area contributed by atoms with Crippen LogP contribution in [0.15, 0.2) is 42.5 Å². The van der Waals surface area contributed by atoms with Crippen molar-refractivity contribution in [2.24, 2.45) is 0 Å². The van der Waals surface area contributed by atoms with Gasteiger partial charge in [-0.1, -0.05) is 18.2 Å². The Hall–Kier alpha value is -2.29. The quantitative estimate of drug-likeness (QED) is 0.906. The summed E-state index contributed by atoms with van der Waals surface area (Å²) in [6, 6.07) is 12.8. The first kappa shape index (κ1) is 13.1. The predicted molar refractivity (Wildman–Crippen MR) is 74.7 cm³/mol. The second-order valence-corrected chi connectivity index (χ2v) is 4.30. The number of carboxylic acid groups (broad SMARTS) is 1. The number of carboxylic acids is 1. The number of ether oxygens (including phenoxy) is 1. The van der Waals surface area contributed by atoms with Gasteiger partial charge in [0, 0.05) is 0 Å². The molecule has 0 aliphatic rings. The monoisotopic (exact) mass is 256 g/mol. The van der Waals surface area contributed by atoms with Crippen molar-refractivity contribution >= 4 is 5.97 Å². The highest BCUT2D eigenvalue weighted by Gasteiger charge is 2.08. The summed E-state index contributed by atoms with van der Waals surface area (Å²) in [7, 11) is 0. The Morgan fingerprint density at radius 3 is 2.68 bits per heavy atom. The lowest BCUT2D eigenvalue weighted by Crippen LogP contribution is -1.97. The van der Waals surface area contributed by atoms with Gasteiger partial charge in [0.25, 0.3) is 0 Å². The van der Waals surface area contributed by atoms with E-state index < -0.39 is 5.97 Å². The molecule has 0 saturated carbocycles. The topological polar surface area (TPSA) is 46.5 Å². The molecule has 1 N–H and O–H groups in total. The fraction of sp³-hybridized carbons (Fsp3) is 0.188. The van der Waals surface area contributed by atoms with E-state index >= 15 is 0 Å². The lowest BCUT2D eigenvalue weighted by Gasteiger charge is -2.09. The van der Waals surface area contributed by atoms with Crippen LogP contribution in [0.25, 0.3) is 11.1 Å². The highest BCUT2D eigenvalue weighted by atomic mass is 16.5. The van der Waals surface area contributed by atoms with Gasteiger partial charge in [-0.25, -0.2) is 4.79 Å². The summed E-state index contributed by atoms with van der Waals surface area (Å²) in [5.74, 6) is -0.123. The van der Waals surface area contributed by atoms with Crippen molar-refractivity contribution in [2.75, 3.05) is 6.61 Å². The number of rotatable bonds is 4. The van der Waals surface area contributed by atoms with Crippen molar-refractivity contribution in [3.8, 4) is 16.9 Å². The second-order valence-electron chi connectivity index (χ2n) is 4.30. The van der Waals surface area contributed by atoms with Crippen molar-refractivity contribution in [2.45, 2.75) is 13.8 Å². The molecule has 0 amide bonds. The van der Waals surface area contributed by atoms with Gasteiger partial charge in [0.05, 0.1) is 12.2 Å². The highest BCUT2D eigenvalue weighted by molar-refractivity contribution is 5.90. The number of aromatic carboxylic acids is 1. The Balaban J connectivity index is 2.48. The molecular weight excluding hydrogens is 240 g/mol. The van der Waals surface area contributed by atoms with Crippen LogP contribution in [0.5, 0.6) is 5.75 Å². The summed E-state index contributed by atoms with van der Waals surface area (Å²) in [5.41, 5.74) is 3.22. The van der Waals surface area contributed by atoms with Gasteiger partial charge < -0.3 is 9.84 Å². The molecule has 19 heavy (non-hydrogen) atoms. The van der Waals surface area contributed by atoms with Crippen molar-refractivity contribution in [3.63, 3.8) is 0 Å². The van der Waals surface area contributed by atoms with E-state index in [1.807, 2.05) is 44.2 Å². The molecule has 0 atom stereocenters. The van der Waals surface area contributed by atoms with Crippen LogP contribution in [0.1, 0.15) is 22.8 Å². The van der Waals surface area contributed by atoms with E-state index in [0.717, 1.165) is 22.4 Å². The number of carbonyl (C=O) groups is 1. The van der Waals surface area contributed by atoms with Crippen molar-refractivity contribution in [1.82, 2.24) is 0 Å². The Labute approximate surface area is 112 Å². The van der Waals surface area contributed by atoms with E-state index in [1.165, 1.54) is 0 Å². The van der Waals surface area contributed by atoms with Crippen LogP contribution < -0.4 is 4.74 Å². The molecule has 0 aliphatic heterocycles. The van der Waals surface area contributed by atoms with E-state index in [9.17, 15) is 4.79 Å². The van der Waals surface area contributed by atoms with Gasteiger partial charge in [-0.15, -0.1) is 0 Å². The molecule has 0 aromatic heterocycles. The first-order chi connectivity index (χ1) is 9.11. The van der Waals surface area contributed by atoms with E-state index in [1.54, 1.807) is 12.1 Å². The summed E-state index contributed by atoms with van der Waals surface area (Å²) < 4.78 is 5.47. The van der Waals surface area contributed by atoms with Crippen LogP contribution in [0, 0.1) is 6.92 Å². The lowest BCUT2D eigenvalue weighted by atomic mass is 9.98. The average Bonchev–Trinajstić information content (AvgIpc) is 2.39. The van der Waals surface area contributed by atoms with Crippen molar-refractivity contribution < 1.29 is 14.6 Å². The summed E-state index contributed by atoms with van der Waals surface area (Å²) in [6.07, 6.45) is 0. The van der Waals surface area contributed by atoms with E-state index in [2.05, 4.69) is 0 Å². The van der Waals surface area contributed by atoms with Gasteiger partial charge in [-0.3, -0.25) is 0 Å². The van der Waals surface area contributed by atoms with Crippen LogP contribution in [-0.4, -0.2) is 17.7 Å². The third-order valence-corrected chi connectivity index (χ3v) is 2.94. The Bertz CT molecular complexity index is 603. The molecular formula is C16H16O3. The summed E-state index contributed by atoms with van der Waals surface area (Å²) in [6.45, 7) is 4.51. The fourth-order valence-corrected chi connectivity index (χ4v) is 1.99. The molecule has 0 radical (unpaired) electrons. The fourth-order valence-electron chi connectivity index (χ4n) is 1.99. The molecule has 2 rings (SSSR count). The molecule has 2 aromatic rings. The van der Waals surface area contributed by atoms with Crippen LogP contribution >= 0.6 is 0 Å². The number of hydrogen-bond donors (Lipinski definition) is 1. The molecule has 3 heteroatoms. The molecule has 2 aromatic carbocycles. The van der Waals surface area contributed by atoms with Gasteiger partial charge in [0.2, 0.25) is 0 Å². The van der Waals surface area contributed by atoms with Gasteiger partial charge in [-0.2, -0.15) is 0 Å².